The average molecular weight is 86.9 g/mol. The van der Waals surface area contributed by atoms with Crippen molar-refractivity contribution in [1.82, 2.24) is 5.48 Å². The molecule has 3 nitrogen and oxygen atoms in total. The fourth-order valence-corrected chi connectivity index (χ4v) is 0.139. The molecule has 0 radical (unpaired) electrons. The topological polar surface area (TPSA) is 30.5 Å². The van der Waals surface area contributed by atoms with Gasteiger partial charge in [-0.25, -0.2) is 5.48 Å². The molecule has 1 aliphatic rings. The Balaban J connectivity index is 0.000000250. The molecule has 1 heterocycles. The summed E-state index contributed by atoms with van der Waals surface area (Å²) < 4.78 is 0. The second kappa shape index (κ2) is 2.59. The molecule has 6 heavy (non-hydrogen) atoms. The Morgan fingerprint density at radius 3 is 2.50 bits per heavy atom. The summed E-state index contributed by atoms with van der Waals surface area (Å²) >= 11 is 0. The van der Waals surface area contributed by atoms with Gasteiger partial charge in [-0.1, -0.05) is 4.99 Å². The highest BCUT2D eigenvalue weighted by atomic mass is 17.3. The lowest BCUT2D eigenvalue weighted by molar-refractivity contribution is -0.264. The van der Waals surface area contributed by atoms with Crippen molar-refractivity contribution in [3.05, 3.63) is 12.5 Å². The summed E-state index contributed by atoms with van der Waals surface area (Å²) in [5.41, 5.74) is 2.32. The first-order valence-corrected chi connectivity index (χ1v) is 1.23. The molecule has 0 aromatic rings. The highest BCUT2D eigenvalue weighted by molar-refractivity contribution is 5.75. The minimum atomic E-state index is 0. The fourth-order valence-electron chi connectivity index (χ4n) is 0.139. The average Bonchev–Trinajstić information content (AvgIpc) is 1.76. The Labute approximate surface area is 37.4 Å². The molecule has 0 bridgehead atoms. The van der Waals surface area contributed by atoms with Crippen molar-refractivity contribution < 1.29 is 9.88 Å². The van der Waals surface area contributed by atoms with Crippen molar-refractivity contribution in [2.45, 2.75) is 0 Å². The van der Waals surface area contributed by atoms with Crippen molar-refractivity contribution >= 4 is 8.41 Å². The monoisotopic (exact) mass is 87.0 g/mol. The maximum atomic E-state index is 4.15. The number of rotatable bonds is 0. The summed E-state index contributed by atoms with van der Waals surface area (Å²) in [6.45, 7) is 0. The Kier molecular flexibility index (Phi) is 2.32. The molecule has 0 fully saturated rings. The van der Waals surface area contributed by atoms with Crippen LogP contribution in [0.4, 0.5) is 0 Å². The Bertz CT molecular complexity index is 49.5. The van der Waals surface area contributed by atoms with Crippen LogP contribution in [0.2, 0.25) is 0 Å². The van der Waals surface area contributed by atoms with E-state index in [-0.39, 0.29) is 8.41 Å². The molecule has 0 spiro atoms. The van der Waals surface area contributed by atoms with E-state index < -0.39 is 0 Å². The second-order valence-corrected chi connectivity index (χ2v) is 0.600. The van der Waals surface area contributed by atoms with Gasteiger partial charge in [-0.15, -0.1) is 0 Å². The predicted octanol–water partition coefficient (Wildman–Crippen LogP) is -1.26. The predicted molar refractivity (Wildman–Crippen MR) is 24.4 cm³/mol. The van der Waals surface area contributed by atoms with E-state index >= 15 is 0 Å². The third-order valence-electron chi connectivity index (χ3n) is 0.288. The van der Waals surface area contributed by atoms with Crippen molar-refractivity contribution in [2.24, 2.45) is 0 Å². The van der Waals surface area contributed by atoms with E-state index in [1.165, 1.54) is 6.26 Å². The van der Waals surface area contributed by atoms with Gasteiger partial charge in [0.25, 0.3) is 0 Å². The van der Waals surface area contributed by atoms with E-state index in [2.05, 4.69) is 15.4 Å². The van der Waals surface area contributed by atoms with Gasteiger partial charge in [0.15, 0.2) is 0 Å². The molecule has 1 N–H and O–H groups in total. The lowest BCUT2D eigenvalue weighted by atomic mass is 10.8. The van der Waals surface area contributed by atoms with Crippen LogP contribution in [0.5, 0.6) is 0 Å². The maximum absolute atomic E-state index is 4.15. The summed E-state index contributed by atoms with van der Waals surface area (Å²) in [7, 11) is 0. The summed E-state index contributed by atoms with van der Waals surface area (Å²) in [4.78, 5) is 8.24. The number of hydrogen-bond donors (Lipinski definition) is 1. The van der Waals surface area contributed by atoms with Crippen molar-refractivity contribution in [3.8, 4) is 0 Å². The van der Waals surface area contributed by atoms with Crippen LogP contribution in [-0.2, 0) is 9.88 Å². The van der Waals surface area contributed by atoms with Gasteiger partial charge in [0.05, 0.1) is 14.6 Å². The van der Waals surface area contributed by atoms with Crippen molar-refractivity contribution in [1.29, 1.82) is 0 Å². The molecule has 0 atom stereocenters. The zero-order valence-electron chi connectivity index (χ0n) is 2.47. The molecule has 0 saturated carbocycles. The smallest absolute Gasteiger partial charge is 0.150 e. The molecule has 4 heteroatoms. The van der Waals surface area contributed by atoms with Gasteiger partial charge in [-0.05, 0) is 0 Å². The summed E-state index contributed by atoms with van der Waals surface area (Å²) in [6.07, 6.45) is 2.94. The molecular weight excluding hydrogens is 80.8 g/mol. The molecule has 0 amide bonds. The minimum absolute atomic E-state index is 0. The largest absolute Gasteiger partial charge is 0.321 e. The first-order valence-electron chi connectivity index (χ1n) is 1.23. The molecule has 0 aromatic heterocycles. The Morgan fingerprint density at radius 2 is 2.33 bits per heavy atom. The van der Waals surface area contributed by atoms with Crippen LogP contribution in [0.15, 0.2) is 12.5 Å². The van der Waals surface area contributed by atoms with Gasteiger partial charge in [-0.3, -0.25) is 0 Å². The second-order valence-electron chi connectivity index (χ2n) is 0.600. The van der Waals surface area contributed by atoms with Crippen LogP contribution in [0.1, 0.15) is 0 Å². The van der Waals surface area contributed by atoms with Gasteiger partial charge in [0, 0.05) is 0 Å². The highest BCUT2D eigenvalue weighted by Gasteiger charge is 1.81. The molecule has 0 unspecified atom stereocenters. The number of hydroxylamine groups is 1. The minimum Gasteiger partial charge on any atom is -0.321 e. The van der Waals surface area contributed by atoms with E-state index in [4.69, 9.17) is 0 Å². The number of nitrogens with one attached hydrogen (secondary N) is 1. The lowest BCUT2D eigenvalue weighted by Crippen LogP contribution is -1.94. The van der Waals surface area contributed by atoms with Gasteiger partial charge in [-0.2, -0.15) is 0 Å². The van der Waals surface area contributed by atoms with E-state index in [0.717, 1.165) is 0 Å². The molecule has 0 saturated heterocycles. The van der Waals surface area contributed by atoms with Crippen LogP contribution in [-0.4, -0.2) is 8.41 Å². The van der Waals surface area contributed by atoms with Crippen molar-refractivity contribution in [2.75, 3.05) is 0 Å². The molecule has 1 aliphatic heterocycles. The quantitative estimate of drug-likeness (QED) is 0.295. The van der Waals surface area contributed by atoms with Crippen LogP contribution < -0.4 is 5.48 Å². The SMILES string of the molecule is B.C1=COON1. The lowest BCUT2D eigenvalue weighted by Gasteiger charge is -1.81. The third-order valence-corrected chi connectivity index (χ3v) is 0.288. The molecular formula is C2H6BNO2. The first kappa shape index (κ1) is 5.36. The van der Waals surface area contributed by atoms with Crippen LogP contribution in [0.3, 0.4) is 0 Å². The number of hydrogen-bond acceptors (Lipinski definition) is 3. The van der Waals surface area contributed by atoms with Crippen LogP contribution >= 0.6 is 0 Å². The molecule has 34 valence electrons. The molecule has 1 rings (SSSR count). The molecule has 0 aliphatic carbocycles. The normalized spacial score (nSPS) is 14.7. The Morgan fingerprint density at radius 1 is 1.50 bits per heavy atom. The van der Waals surface area contributed by atoms with Crippen LogP contribution in [0.25, 0.3) is 0 Å². The first-order chi connectivity index (χ1) is 2.50. The maximum Gasteiger partial charge on any atom is 0.150 e. The fraction of sp³-hybridized carbons (Fsp3) is 0. The third kappa shape index (κ3) is 0.988. The van der Waals surface area contributed by atoms with Crippen molar-refractivity contribution in [3.63, 3.8) is 0 Å². The van der Waals surface area contributed by atoms with E-state index in [9.17, 15) is 0 Å². The van der Waals surface area contributed by atoms with Crippen LogP contribution in [0, 0.1) is 0 Å². The zero-order valence-corrected chi connectivity index (χ0v) is 2.47. The highest BCUT2D eigenvalue weighted by Crippen LogP contribution is 1.80. The summed E-state index contributed by atoms with van der Waals surface area (Å²) in [5, 5.41) is 0. The van der Waals surface area contributed by atoms with E-state index in [0.29, 0.717) is 0 Å². The van der Waals surface area contributed by atoms with Gasteiger partial charge in [0.1, 0.15) is 6.26 Å². The standard InChI is InChI=1S/C2H3NO2.BH3/c1-2-4-5-3-1;/h1-3H;1H3. The van der Waals surface area contributed by atoms with Gasteiger partial charge in [0.2, 0.25) is 0 Å². The van der Waals surface area contributed by atoms with E-state index in [1.807, 2.05) is 0 Å². The van der Waals surface area contributed by atoms with E-state index in [1.54, 1.807) is 6.20 Å². The summed E-state index contributed by atoms with van der Waals surface area (Å²) in [5.74, 6) is 0. The zero-order chi connectivity index (χ0) is 3.54. The Hall–Kier alpha value is -0.635. The van der Waals surface area contributed by atoms with Gasteiger partial charge >= 0.3 is 0 Å². The molecule has 0 aromatic carbocycles. The van der Waals surface area contributed by atoms with Gasteiger partial charge < -0.3 is 4.89 Å². The summed E-state index contributed by atoms with van der Waals surface area (Å²) in [6, 6.07) is 0.